The Kier molecular flexibility index (Phi) is 5.95. The number of nitrogens with zero attached hydrogens (tertiary/aromatic N) is 5. The summed E-state index contributed by atoms with van der Waals surface area (Å²) < 4.78 is 5.41. The van der Waals surface area contributed by atoms with Gasteiger partial charge in [0.2, 0.25) is 0 Å². The van der Waals surface area contributed by atoms with E-state index in [0.717, 1.165) is 36.2 Å². The molecule has 2 aromatic rings. The Morgan fingerprint density at radius 3 is 2.33 bits per heavy atom. The molecule has 1 fully saturated rings. The molecule has 1 aliphatic heterocycles. The Bertz CT molecular complexity index is 740. The summed E-state index contributed by atoms with van der Waals surface area (Å²) in [5.41, 5.74) is 0.760. The van der Waals surface area contributed by atoms with E-state index in [1.165, 1.54) is 0 Å². The van der Waals surface area contributed by atoms with Gasteiger partial charge in [0.25, 0.3) is 0 Å². The molecule has 0 radical (unpaired) electrons. The van der Waals surface area contributed by atoms with Crippen LogP contribution in [-0.2, 0) is 0 Å². The lowest BCUT2D eigenvalue weighted by Crippen LogP contribution is -2.50. The Hall–Kier alpha value is -3.03. The fraction of sp³-hybridized carbons (Fsp3) is 0.421. The van der Waals surface area contributed by atoms with Gasteiger partial charge in [-0.3, -0.25) is 0 Å². The van der Waals surface area contributed by atoms with E-state index in [1.54, 1.807) is 0 Å². The van der Waals surface area contributed by atoms with Crippen LogP contribution < -0.4 is 19.9 Å². The molecule has 3 rings (SSSR count). The van der Waals surface area contributed by atoms with Gasteiger partial charge in [0.05, 0.1) is 6.61 Å². The van der Waals surface area contributed by atoms with Crippen LogP contribution >= 0.6 is 0 Å². The number of carbonyl (C=O) groups excluding carboxylic acids is 1. The molecule has 1 aliphatic rings. The van der Waals surface area contributed by atoms with Crippen LogP contribution in [0.25, 0.3) is 0 Å². The van der Waals surface area contributed by atoms with Crippen molar-refractivity contribution in [3.05, 3.63) is 36.4 Å². The van der Waals surface area contributed by atoms with Crippen molar-refractivity contribution in [3.63, 3.8) is 0 Å². The minimum Gasteiger partial charge on any atom is -0.494 e. The van der Waals surface area contributed by atoms with Crippen molar-refractivity contribution in [2.24, 2.45) is 0 Å². The molecule has 1 N–H and O–H groups in total. The van der Waals surface area contributed by atoms with Gasteiger partial charge in [-0.05, 0) is 43.3 Å². The first-order chi connectivity index (χ1) is 13.1. The van der Waals surface area contributed by atoms with Crippen molar-refractivity contribution in [1.29, 1.82) is 0 Å². The van der Waals surface area contributed by atoms with Gasteiger partial charge in [0.1, 0.15) is 5.75 Å². The van der Waals surface area contributed by atoms with E-state index in [-0.39, 0.29) is 6.03 Å². The first-order valence-electron chi connectivity index (χ1n) is 9.11. The summed E-state index contributed by atoms with van der Waals surface area (Å²) in [5.74, 6) is 2.46. The number of aromatic nitrogens is 2. The number of nitrogens with one attached hydrogen (secondary N) is 1. The second-order valence-corrected chi connectivity index (χ2v) is 6.51. The van der Waals surface area contributed by atoms with Crippen molar-refractivity contribution >= 4 is 23.4 Å². The molecule has 0 atom stereocenters. The average molecular weight is 370 g/mol. The number of carbonyl (C=O) groups is 1. The number of rotatable bonds is 5. The van der Waals surface area contributed by atoms with Crippen molar-refractivity contribution in [2.45, 2.75) is 6.92 Å². The molecule has 8 nitrogen and oxygen atoms in total. The molecule has 0 aliphatic carbocycles. The van der Waals surface area contributed by atoms with E-state index in [0.29, 0.717) is 19.7 Å². The number of urea groups is 1. The van der Waals surface area contributed by atoms with Crippen molar-refractivity contribution in [2.75, 3.05) is 62.0 Å². The van der Waals surface area contributed by atoms with Crippen LogP contribution in [0.3, 0.4) is 0 Å². The molecule has 0 unspecified atom stereocenters. The van der Waals surface area contributed by atoms with Gasteiger partial charge >= 0.3 is 6.03 Å². The minimum atomic E-state index is -0.0900. The molecule has 1 saturated heterocycles. The van der Waals surface area contributed by atoms with Crippen LogP contribution in [0.4, 0.5) is 22.1 Å². The third kappa shape index (κ3) is 4.78. The normalized spacial score (nSPS) is 14.0. The van der Waals surface area contributed by atoms with Crippen LogP contribution in [0.1, 0.15) is 6.92 Å². The van der Waals surface area contributed by atoms with Crippen molar-refractivity contribution in [1.82, 2.24) is 15.1 Å². The number of hydrogen-bond donors (Lipinski definition) is 1. The maximum atomic E-state index is 12.5. The van der Waals surface area contributed by atoms with Gasteiger partial charge in [0.15, 0.2) is 11.6 Å². The third-order valence-electron chi connectivity index (χ3n) is 4.40. The van der Waals surface area contributed by atoms with Crippen LogP contribution in [0.5, 0.6) is 5.75 Å². The van der Waals surface area contributed by atoms with Crippen LogP contribution in [0.15, 0.2) is 36.4 Å². The molecule has 144 valence electrons. The number of benzene rings is 1. The van der Waals surface area contributed by atoms with Crippen LogP contribution in [-0.4, -0.2) is 68.0 Å². The van der Waals surface area contributed by atoms with E-state index < -0.39 is 0 Å². The second-order valence-electron chi connectivity index (χ2n) is 6.51. The lowest BCUT2D eigenvalue weighted by atomic mass is 10.3. The SMILES string of the molecule is CCOc1ccc(NC(=O)N2CCN(c3ccc(N(C)C)nn3)CC2)cc1. The summed E-state index contributed by atoms with van der Waals surface area (Å²) >= 11 is 0. The van der Waals surface area contributed by atoms with Crippen molar-refractivity contribution < 1.29 is 9.53 Å². The highest BCUT2D eigenvalue weighted by Crippen LogP contribution is 2.18. The molecule has 0 bridgehead atoms. The van der Waals surface area contributed by atoms with Gasteiger partial charge in [-0.2, -0.15) is 0 Å². The number of amides is 2. The van der Waals surface area contributed by atoms with E-state index in [4.69, 9.17) is 4.74 Å². The standard InChI is InChI=1S/C19H26N6O2/c1-4-27-16-7-5-15(6-8-16)20-19(26)25-13-11-24(12-14-25)18-10-9-17(21-22-18)23(2)3/h5-10H,4,11-14H2,1-3H3,(H,20,26). The Balaban J connectivity index is 1.51. The van der Waals surface area contributed by atoms with E-state index in [2.05, 4.69) is 20.4 Å². The maximum absolute atomic E-state index is 12.5. The average Bonchev–Trinajstić information content (AvgIpc) is 2.70. The van der Waals surface area contributed by atoms with Gasteiger partial charge < -0.3 is 24.8 Å². The molecular weight excluding hydrogens is 344 g/mol. The molecule has 1 aromatic carbocycles. The second kappa shape index (κ2) is 8.57. The van der Waals surface area contributed by atoms with Gasteiger partial charge in [-0.1, -0.05) is 0 Å². The zero-order chi connectivity index (χ0) is 19.2. The predicted molar refractivity (Wildman–Crippen MR) is 107 cm³/mol. The third-order valence-corrected chi connectivity index (χ3v) is 4.40. The smallest absolute Gasteiger partial charge is 0.321 e. The first kappa shape index (κ1) is 18.8. The molecule has 1 aromatic heterocycles. The Morgan fingerprint density at radius 1 is 1.07 bits per heavy atom. The van der Waals surface area contributed by atoms with Gasteiger partial charge in [0, 0.05) is 46.0 Å². The monoisotopic (exact) mass is 370 g/mol. The molecule has 8 heteroatoms. The summed E-state index contributed by atoms with van der Waals surface area (Å²) in [6, 6.07) is 11.2. The Morgan fingerprint density at radius 2 is 1.78 bits per heavy atom. The predicted octanol–water partition coefficient (Wildman–Crippen LogP) is 2.30. The number of piperazine rings is 1. The Labute approximate surface area is 159 Å². The molecule has 2 heterocycles. The topological polar surface area (TPSA) is 73.8 Å². The summed E-state index contributed by atoms with van der Waals surface area (Å²) in [4.78, 5) is 18.3. The summed E-state index contributed by atoms with van der Waals surface area (Å²) in [6.45, 7) is 5.30. The van der Waals surface area contributed by atoms with Crippen LogP contribution in [0, 0.1) is 0 Å². The number of ether oxygens (including phenoxy) is 1. The summed E-state index contributed by atoms with van der Waals surface area (Å²) in [7, 11) is 3.87. The number of anilines is 3. The number of hydrogen-bond acceptors (Lipinski definition) is 6. The molecule has 2 amide bonds. The van der Waals surface area contributed by atoms with Crippen molar-refractivity contribution in [3.8, 4) is 5.75 Å². The fourth-order valence-electron chi connectivity index (χ4n) is 2.87. The van der Waals surface area contributed by atoms with E-state index >= 15 is 0 Å². The molecule has 0 saturated carbocycles. The zero-order valence-corrected chi connectivity index (χ0v) is 16.1. The largest absolute Gasteiger partial charge is 0.494 e. The quantitative estimate of drug-likeness (QED) is 0.871. The first-order valence-corrected chi connectivity index (χ1v) is 9.11. The summed E-state index contributed by atoms with van der Waals surface area (Å²) in [5, 5.41) is 11.4. The maximum Gasteiger partial charge on any atom is 0.321 e. The highest BCUT2D eigenvalue weighted by Gasteiger charge is 2.22. The zero-order valence-electron chi connectivity index (χ0n) is 16.1. The lowest BCUT2D eigenvalue weighted by Gasteiger charge is -2.35. The summed E-state index contributed by atoms with van der Waals surface area (Å²) in [6.07, 6.45) is 0. The molecule has 27 heavy (non-hydrogen) atoms. The fourth-order valence-corrected chi connectivity index (χ4v) is 2.87. The highest BCUT2D eigenvalue weighted by molar-refractivity contribution is 5.89. The van der Waals surface area contributed by atoms with Gasteiger partial charge in [-0.25, -0.2) is 4.79 Å². The van der Waals surface area contributed by atoms with E-state index in [1.807, 2.05) is 67.2 Å². The molecule has 0 spiro atoms. The van der Waals surface area contributed by atoms with Gasteiger partial charge in [-0.15, -0.1) is 10.2 Å². The van der Waals surface area contributed by atoms with E-state index in [9.17, 15) is 4.79 Å². The van der Waals surface area contributed by atoms with Crippen LogP contribution in [0.2, 0.25) is 0 Å². The minimum absolute atomic E-state index is 0.0900. The highest BCUT2D eigenvalue weighted by atomic mass is 16.5. The molecular formula is C19H26N6O2. The lowest BCUT2D eigenvalue weighted by molar-refractivity contribution is 0.208.